The molecule has 1 fully saturated rings. The van der Waals surface area contributed by atoms with Gasteiger partial charge in [0.15, 0.2) is 11.6 Å². The highest BCUT2D eigenvalue weighted by atomic mass is 19.2. The molecular formula is C22H25F3N2O4. The van der Waals surface area contributed by atoms with Crippen LogP contribution in [0, 0.1) is 11.6 Å². The Morgan fingerprint density at radius 3 is 2.42 bits per heavy atom. The fourth-order valence-electron chi connectivity index (χ4n) is 3.16. The number of anilines is 2. The molecule has 0 spiro atoms. The van der Waals surface area contributed by atoms with Crippen molar-refractivity contribution in [3.63, 3.8) is 0 Å². The Labute approximate surface area is 179 Å². The van der Waals surface area contributed by atoms with E-state index in [1.807, 2.05) is 18.5 Å². The highest BCUT2D eigenvalue weighted by Gasteiger charge is 2.21. The number of methoxy groups -OCH3 is 1. The Balaban J connectivity index is 0.00000113. The van der Waals surface area contributed by atoms with Gasteiger partial charge in [0.2, 0.25) is 0 Å². The number of benzene rings is 2. The summed E-state index contributed by atoms with van der Waals surface area (Å²) in [6, 6.07) is 7.99. The second kappa shape index (κ2) is 13.0. The number of alkyl halides is 1. The fraction of sp³-hybridized carbons (Fsp3) is 0.318. The lowest BCUT2D eigenvalue weighted by Gasteiger charge is -2.26. The van der Waals surface area contributed by atoms with E-state index in [-0.39, 0.29) is 12.2 Å². The molecule has 1 saturated heterocycles. The molecule has 2 aromatic carbocycles. The van der Waals surface area contributed by atoms with Gasteiger partial charge in [-0.1, -0.05) is 0 Å². The van der Waals surface area contributed by atoms with E-state index in [0.29, 0.717) is 30.0 Å². The van der Waals surface area contributed by atoms with Crippen molar-refractivity contribution in [2.45, 2.75) is 25.4 Å². The van der Waals surface area contributed by atoms with Crippen molar-refractivity contribution in [3.8, 4) is 5.75 Å². The third kappa shape index (κ3) is 7.13. The maximum atomic E-state index is 14.0. The molecule has 168 valence electrons. The van der Waals surface area contributed by atoms with Crippen molar-refractivity contribution in [3.05, 3.63) is 53.6 Å². The minimum absolute atomic E-state index is 0.148. The number of carbonyl (C=O) groups excluding carboxylic acids is 3. The number of carbonyl (C=O) groups is 3. The van der Waals surface area contributed by atoms with Gasteiger partial charge < -0.3 is 24.5 Å². The zero-order valence-electron chi connectivity index (χ0n) is 17.2. The Kier molecular flexibility index (Phi) is 10.8. The number of ether oxygens (including phenoxy) is 1. The van der Waals surface area contributed by atoms with Gasteiger partial charge in [0, 0.05) is 30.4 Å². The first kappa shape index (κ1) is 25.7. The van der Waals surface area contributed by atoms with Crippen LogP contribution in [-0.2, 0) is 9.59 Å². The van der Waals surface area contributed by atoms with Crippen LogP contribution >= 0.6 is 0 Å². The summed E-state index contributed by atoms with van der Waals surface area (Å²) in [5.74, 6) is -1.95. The molecule has 3 rings (SSSR count). The highest BCUT2D eigenvalue weighted by Crippen LogP contribution is 2.32. The van der Waals surface area contributed by atoms with Crippen molar-refractivity contribution in [2.75, 3.05) is 30.4 Å². The van der Waals surface area contributed by atoms with E-state index < -0.39 is 23.7 Å². The molecule has 1 heterocycles. The van der Waals surface area contributed by atoms with Crippen molar-refractivity contribution >= 4 is 30.9 Å². The summed E-state index contributed by atoms with van der Waals surface area (Å²) >= 11 is 0. The van der Waals surface area contributed by atoms with Crippen LogP contribution in [0.1, 0.15) is 29.6 Å². The van der Waals surface area contributed by atoms with Crippen LogP contribution in [0.25, 0.3) is 0 Å². The number of halogens is 3. The number of hydrogen-bond donors (Lipinski definition) is 1. The summed E-state index contributed by atoms with van der Waals surface area (Å²) < 4.78 is 45.7. The molecule has 0 aliphatic carbocycles. The summed E-state index contributed by atoms with van der Waals surface area (Å²) in [6.45, 7) is 4.91. The van der Waals surface area contributed by atoms with Crippen LogP contribution in [-0.4, -0.2) is 45.9 Å². The average Bonchev–Trinajstić information content (AvgIpc) is 3.02. The zero-order valence-corrected chi connectivity index (χ0v) is 17.2. The van der Waals surface area contributed by atoms with Crippen molar-refractivity contribution in [1.29, 1.82) is 0 Å². The van der Waals surface area contributed by atoms with E-state index in [2.05, 4.69) is 5.32 Å². The van der Waals surface area contributed by atoms with E-state index in [1.54, 1.807) is 18.2 Å². The van der Waals surface area contributed by atoms with Gasteiger partial charge in [-0.25, -0.2) is 13.2 Å². The Morgan fingerprint density at radius 1 is 1.06 bits per heavy atom. The highest BCUT2D eigenvalue weighted by molar-refractivity contribution is 6.05. The van der Waals surface area contributed by atoms with E-state index in [9.17, 15) is 18.0 Å². The average molecular weight is 438 g/mol. The molecule has 1 amide bonds. The molecule has 0 radical (unpaired) electrons. The fourth-order valence-corrected chi connectivity index (χ4v) is 3.16. The predicted octanol–water partition coefficient (Wildman–Crippen LogP) is 4.18. The molecule has 6 nitrogen and oxygen atoms in total. The van der Waals surface area contributed by atoms with Crippen LogP contribution in [0.15, 0.2) is 36.4 Å². The second-order valence-electron chi connectivity index (χ2n) is 6.51. The summed E-state index contributed by atoms with van der Waals surface area (Å²) in [5.41, 5.74) is 1.10. The topological polar surface area (TPSA) is 75.7 Å². The first-order valence-corrected chi connectivity index (χ1v) is 9.39. The molecular weight excluding hydrogens is 413 g/mol. The molecule has 0 bridgehead atoms. The maximum Gasteiger partial charge on any atom is 0.255 e. The summed E-state index contributed by atoms with van der Waals surface area (Å²) in [7, 11) is 1.52. The molecule has 1 aliphatic heterocycles. The van der Waals surface area contributed by atoms with E-state index in [4.69, 9.17) is 14.3 Å². The Bertz CT molecular complexity index is 865. The smallest absolute Gasteiger partial charge is 0.255 e. The quantitative estimate of drug-likeness (QED) is 0.775. The van der Waals surface area contributed by atoms with Crippen LogP contribution in [0.3, 0.4) is 0 Å². The van der Waals surface area contributed by atoms with Crippen molar-refractivity contribution in [2.24, 2.45) is 0 Å². The van der Waals surface area contributed by atoms with Gasteiger partial charge in [0.25, 0.3) is 5.91 Å². The molecule has 2 aromatic rings. The predicted molar refractivity (Wildman–Crippen MR) is 113 cm³/mol. The van der Waals surface area contributed by atoms with Crippen molar-refractivity contribution in [1.82, 2.24) is 0 Å². The van der Waals surface area contributed by atoms with E-state index in [1.165, 1.54) is 13.2 Å². The molecule has 9 heteroatoms. The van der Waals surface area contributed by atoms with Crippen LogP contribution < -0.4 is 15.0 Å². The minimum Gasteiger partial charge on any atom is -0.495 e. The SMILES string of the molecule is C=O.C=O.COc1ccc(C(=O)Nc2ccc(F)c(F)c2)cc1N1CCCCC(F)C1. The van der Waals surface area contributed by atoms with Crippen LogP contribution in [0.2, 0.25) is 0 Å². The number of hydrogen-bond acceptors (Lipinski definition) is 5. The van der Waals surface area contributed by atoms with Gasteiger partial charge in [0.05, 0.1) is 12.8 Å². The van der Waals surface area contributed by atoms with Crippen LogP contribution in [0.4, 0.5) is 24.5 Å². The number of nitrogens with zero attached hydrogens (tertiary/aromatic N) is 1. The first-order valence-electron chi connectivity index (χ1n) is 9.39. The zero-order chi connectivity index (χ0) is 23.4. The van der Waals surface area contributed by atoms with Gasteiger partial charge in [-0.05, 0) is 49.6 Å². The van der Waals surface area contributed by atoms with Crippen molar-refractivity contribution < 1.29 is 32.3 Å². The first-order chi connectivity index (χ1) is 15.0. The monoisotopic (exact) mass is 438 g/mol. The van der Waals surface area contributed by atoms with Gasteiger partial charge in [-0.15, -0.1) is 0 Å². The third-order valence-electron chi connectivity index (χ3n) is 4.57. The lowest BCUT2D eigenvalue weighted by atomic mass is 10.1. The number of nitrogens with one attached hydrogen (secondary N) is 1. The van der Waals surface area contributed by atoms with Crippen LogP contribution in [0.5, 0.6) is 5.75 Å². The van der Waals surface area contributed by atoms with E-state index >= 15 is 0 Å². The van der Waals surface area contributed by atoms with E-state index in [0.717, 1.165) is 25.0 Å². The second-order valence-corrected chi connectivity index (χ2v) is 6.51. The molecule has 0 aromatic heterocycles. The standard InChI is InChI=1S/C20H21F3N2O2.2CH2O/c1-27-19-8-5-13(10-18(19)25-9-3-2-4-14(21)12-25)20(26)24-15-6-7-16(22)17(23)11-15;2*1-2/h5-8,10-11,14H,2-4,9,12H2,1H3,(H,24,26);2*1H2. The number of rotatable bonds is 4. The lowest BCUT2D eigenvalue weighted by molar-refractivity contribution is -0.0987. The summed E-state index contributed by atoms with van der Waals surface area (Å²) in [5, 5.41) is 2.54. The lowest BCUT2D eigenvalue weighted by Crippen LogP contribution is -2.29. The third-order valence-corrected chi connectivity index (χ3v) is 4.57. The van der Waals surface area contributed by atoms with Gasteiger partial charge in [-0.2, -0.15) is 0 Å². The molecule has 31 heavy (non-hydrogen) atoms. The molecule has 1 unspecified atom stereocenters. The molecule has 0 saturated carbocycles. The Morgan fingerprint density at radius 2 is 1.77 bits per heavy atom. The molecule has 1 atom stereocenters. The maximum absolute atomic E-state index is 14.0. The van der Waals surface area contributed by atoms with Gasteiger partial charge in [0.1, 0.15) is 25.5 Å². The Hall–Kier alpha value is -3.36. The molecule has 1 aliphatic rings. The van der Waals surface area contributed by atoms with Gasteiger partial charge >= 0.3 is 0 Å². The summed E-state index contributed by atoms with van der Waals surface area (Å²) in [6.07, 6.45) is 1.26. The number of amides is 1. The van der Waals surface area contributed by atoms with Gasteiger partial charge in [-0.3, -0.25) is 4.79 Å². The summed E-state index contributed by atoms with van der Waals surface area (Å²) in [4.78, 5) is 30.4. The largest absolute Gasteiger partial charge is 0.495 e. The normalized spacial score (nSPS) is 15.4. The minimum atomic E-state index is -1.04. The molecule has 1 N–H and O–H groups in total.